The summed E-state index contributed by atoms with van der Waals surface area (Å²) in [4.78, 5) is 11.7. The summed E-state index contributed by atoms with van der Waals surface area (Å²) in [6.07, 6.45) is 1.73. The largest absolute Gasteiger partial charge is 0.494 e. The molecular formula is C13H18ClNO2. The quantitative estimate of drug-likeness (QED) is 0.601. The molecule has 94 valence electrons. The molecular weight excluding hydrogens is 238 g/mol. The monoisotopic (exact) mass is 255 g/mol. The van der Waals surface area contributed by atoms with Gasteiger partial charge >= 0.3 is 0 Å². The van der Waals surface area contributed by atoms with Gasteiger partial charge in [0.2, 0.25) is 0 Å². The summed E-state index contributed by atoms with van der Waals surface area (Å²) in [7, 11) is 0. The predicted octanol–water partition coefficient (Wildman–Crippen LogP) is 2.83. The number of ether oxygens (including phenoxy) is 1. The fourth-order valence-electron chi connectivity index (χ4n) is 1.32. The Morgan fingerprint density at radius 1 is 1.47 bits per heavy atom. The molecule has 0 spiro atoms. The molecule has 0 aliphatic heterocycles. The van der Waals surface area contributed by atoms with Crippen molar-refractivity contribution in [2.75, 3.05) is 19.0 Å². The van der Waals surface area contributed by atoms with E-state index in [0.717, 1.165) is 18.6 Å². The van der Waals surface area contributed by atoms with E-state index in [1.807, 2.05) is 19.1 Å². The van der Waals surface area contributed by atoms with Crippen molar-refractivity contribution in [2.24, 2.45) is 0 Å². The van der Waals surface area contributed by atoms with E-state index in [9.17, 15) is 4.79 Å². The number of carbonyl (C=O) groups is 1. The molecule has 1 amide bonds. The number of nitrogens with one attached hydrogen (secondary N) is 1. The summed E-state index contributed by atoms with van der Waals surface area (Å²) < 4.78 is 5.47. The second-order valence-electron chi connectivity index (χ2n) is 3.67. The molecule has 17 heavy (non-hydrogen) atoms. The summed E-state index contributed by atoms with van der Waals surface area (Å²) in [6.45, 7) is 3.31. The van der Waals surface area contributed by atoms with Crippen molar-refractivity contribution in [3.05, 3.63) is 29.8 Å². The number of carbonyl (C=O) groups excluding carboxylic acids is 1. The van der Waals surface area contributed by atoms with Crippen LogP contribution in [0.3, 0.4) is 0 Å². The Morgan fingerprint density at radius 2 is 2.29 bits per heavy atom. The van der Waals surface area contributed by atoms with Crippen LogP contribution in [0.5, 0.6) is 5.75 Å². The van der Waals surface area contributed by atoms with Crippen LogP contribution in [0.4, 0.5) is 0 Å². The van der Waals surface area contributed by atoms with Gasteiger partial charge in [0, 0.05) is 18.0 Å². The van der Waals surface area contributed by atoms with Crippen LogP contribution in [0, 0.1) is 0 Å². The van der Waals surface area contributed by atoms with Crippen molar-refractivity contribution in [3.8, 4) is 5.75 Å². The minimum Gasteiger partial charge on any atom is -0.494 e. The Balaban J connectivity index is 2.54. The van der Waals surface area contributed by atoms with E-state index in [0.29, 0.717) is 24.6 Å². The van der Waals surface area contributed by atoms with Gasteiger partial charge in [0.25, 0.3) is 5.91 Å². The summed E-state index contributed by atoms with van der Waals surface area (Å²) in [6, 6.07) is 7.20. The van der Waals surface area contributed by atoms with E-state index in [-0.39, 0.29) is 5.91 Å². The molecule has 0 bridgehead atoms. The minimum atomic E-state index is -0.0861. The number of benzene rings is 1. The minimum absolute atomic E-state index is 0.0861. The van der Waals surface area contributed by atoms with Crippen LogP contribution in [-0.2, 0) is 0 Å². The molecule has 3 nitrogen and oxygen atoms in total. The van der Waals surface area contributed by atoms with Crippen molar-refractivity contribution in [1.29, 1.82) is 0 Å². The molecule has 1 aromatic rings. The molecule has 0 saturated heterocycles. The fourth-order valence-corrected chi connectivity index (χ4v) is 1.45. The maximum atomic E-state index is 11.7. The van der Waals surface area contributed by atoms with Gasteiger partial charge in [-0.2, -0.15) is 0 Å². The van der Waals surface area contributed by atoms with Crippen molar-refractivity contribution in [3.63, 3.8) is 0 Å². The van der Waals surface area contributed by atoms with Crippen LogP contribution >= 0.6 is 11.6 Å². The molecule has 1 rings (SSSR count). The van der Waals surface area contributed by atoms with Crippen LogP contribution in [-0.4, -0.2) is 24.9 Å². The number of hydrogen-bond acceptors (Lipinski definition) is 2. The summed E-state index contributed by atoms with van der Waals surface area (Å²) >= 11 is 5.54. The van der Waals surface area contributed by atoms with Crippen LogP contribution in [0.2, 0.25) is 0 Å². The first kappa shape index (κ1) is 13.8. The Bertz CT molecular complexity index is 355. The normalized spacial score (nSPS) is 10.0. The highest BCUT2D eigenvalue weighted by atomic mass is 35.5. The third kappa shape index (κ3) is 5.09. The molecule has 0 heterocycles. The first-order chi connectivity index (χ1) is 8.27. The van der Waals surface area contributed by atoms with Gasteiger partial charge in [-0.25, -0.2) is 0 Å². The molecule has 1 N–H and O–H groups in total. The van der Waals surface area contributed by atoms with Gasteiger partial charge in [-0.15, -0.1) is 11.6 Å². The maximum Gasteiger partial charge on any atom is 0.251 e. The summed E-state index contributed by atoms with van der Waals surface area (Å²) in [5, 5.41) is 2.80. The zero-order valence-corrected chi connectivity index (χ0v) is 10.8. The molecule has 0 aliphatic rings. The Hall–Kier alpha value is -1.22. The fraction of sp³-hybridized carbons (Fsp3) is 0.462. The lowest BCUT2D eigenvalue weighted by Gasteiger charge is -2.07. The van der Waals surface area contributed by atoms with E-state index in [4.69, 9.17) is 16.3 Å². The van der Waals surface area contributed by atoms with Crippen LogP contribution in [0.15, 0.2) is 24.3 Å². The molecule has 0 atom stereocenters. The first-order valence-corrected chi connectivity index (χ1v) is 6.38. The topological polar surface area (TPSA) is 38.3 Å². The molecule has 0 unspecified atom stereocenters. The SMILES string of the molecule is CCCOc1cccc(C(=O)NCCCCl)c1. The van der Waals surface area contributed by atoms with Gasteiger partial charge in [0.05, 0.1) is 6.61 Å². The third-order valence-electron chi connectivity index (χ3n) is 2.17. The van der Waals surface area contributed by atoms with Gasteiger partial charge < -0.3 is 10.1 Å². The molecule has 0 aromatic heterocycles. The molecule has 0 radical (unpaired) electrons. The molecule has 1 aromatic carbocycles. The van der Waals surface area contributed by atoms with Crippen molar-refractivity contribution in [1.82, 2.24) is 5.32 Å². The maximum absolute atomic E-state index is 11.7. The van der Waals surface area contributed by atoms with E-state index >= 15 is 0 Å². The second-order valence-corrected chi connectivity index (χ2v) is 4.05. The Morgan fingerprint density at radius 3 is 3.00 bits per heavy atom. The highest BCUT2D eigenvalue weighted by molar-refractivity contribution is 6.17. The van der Waals surface area contributed by atoms with Gasteiger partial charge in [-0.1, -0.05) is 13.0 Å². The van der Waals surface area contributed by atoms with Gasteiger partial charge in [0.15, 0.2) is 0 Å². The average Bonchev–Trinajstić information content (AvgIpc) is 2.37. The zero-order valence-electron chi connectivity index (χ0n) is 10.0. The van der Waals surface area contributed by atoms with E-state index < -0.39 is 0 Å². The van der Waals surface area contributed by atoms with Crippen LogP contribution in [0.1, 0.15) is 30.1 Å². The van der Waals surface area contributed by atoms with E-state index in [1.54, 1.807) is 12.1 Å². The summed E-state index contributed by atoms with van der Waals surface area (Å²) in [5.41, 5.74) is 0.619. The van der Waals surface area contributed by atoms with Crippen molar-refractivity contribution >= 4 is 17.5 Å². The number of rotatable bonds is 7. The van der Waals surface area contributed by atoms with Crippen LogP contribution in [0.25, 0.3) is 0 Å². The number of amides is 1. The Kier molecular flexibility index (Phi) is 6.48. The number of alkyl halides is 1. The smallest absolute Gasteiger partial charge is 0.251 e. The predicted molar refractivity (Wildman–Crippen MR) is 69.9 cm³/mol. The average molecular weight is 256 g/mol. The number of hydrogen-bond donors (Lipinski definition) is 1. The van der Waals surface area contributed by atoms with Gasteiger partial charge in [-0.05, 0) is 31.0 Å². The zero-order chi connectivity index (χ0) is 12.5. The van der Waals surface area contributed by atoms with Crippen molar-refractivity contribution < 1.29 is 9.53 Å². The first-order valence-electron chi connectivity index (χ1n) is 5.85. The third-order valence-corrected chi connectivity index (χ3v) is 2.43. The number of halogens is 1. The standard InChI is InChI=1S/C13H18ClNO2/c1-2-9-17-12-6-3-5-11(10-12)13(16)15-8-4-7-14/h3,5-6,10H,2,4,7-9H2,1H3,(H,15,16). The summed E-state index contributed by atoms with van der Waals surface area (Å²) in [5.74, 6) is 1.20. The lowest BCUT2D eigenvalue weighted by atomic mass is 10.2. The highest BCUT2D eigenvalue weighted by Crippen LogP contribution is 2.13. The van der Waals surface area contributed by atoms with E-state index in [1.165, 1.54) is 0 Å². The second kappa shape index (κ2) is 7.96. The van der Waals surface area contributed by atoms with E-state index in [2.05, 4.69) is 5.32 Å². The molecule has 0 fully saturated rings. The van der Waals surface area contributed by atoms with Crippen LogP contribution < -0.4 is 10.1 Å². The van der Waals surface area contributed by atoms with Crippen molar-refractivity contribution in [2.45, 2.75) is 19.8 Å². The lowest BCUT2D eigenvalue weighted by molar-refractivity contribution is 0.0953. The molecule has 4 heteroatoms. The Labute approximate surface area is 107 Å². The molecule has 0 saturated carbocycles. The molecule has 0 aliphatic carbocycles. The lowest BCUT2D eigenvalue weighted by Crippen LogP contribution is -2.24. The highest BCUT2D eigenvalue weighted by Gasteiger charge is 2.05. The van der Waals surface area contributed by atoms with Gasteiger partial charge in [-0.3, -0.25) is 4.79 Å². The van der Waals surface area contributed by atoms with Gasteiger partial charge in [0.1, 0.15) is 5.75 Å².